The van der Waals surface area contributed by atoms with E-state index in [9.17, 15) is 9.18 Å². The lowest BCUT2D eigenvalue weighted by atomic mass is 10.3. The highest BCUT2D eigenvalue weighted by Gasteiger charge is 2.16. The van der Waals surface area contributed by atoms with Crippen LogP contribution in [0.5, 0.6) is 0 Å². The maximum absolute atomic E-state index is 13.3. The number of rotatable bonds is 2. The Morgan fingerprint density at radius 3 is 2.90 bits per heavy atom. The van der Waals surface area contributed by atoms with Gasteiger partial charge >= 0.3 is 0 Å². The Hall–Kier alpha value is -2.21. The third kappa shape index (κ3) is 1.98. The van der Waals surface area contributed by atoms with Gasteiger partial charge in [-0.1, -0.05) is 6.07 Å². The lowest BCUT2D eigenvalue weighted by Gasteiger charge is -2.01. The number of carbonyl (C=O) groups is 1. The van der Waals surface area contributed by atoms with Crippen LogP contribution < -0.4 is 5.32 Å². The maximum Gasteiger partial charge on any atom is 0.261 e. The third-order valence-corrected chi connectivity index (χ3v) is 4.16. The topological polar surface area (TPSA) is 46.9 Å². The summed E-state index contributed by atoms with van der Waals surface area (Å²) in [4.78, 5) is 13.2. The Balaban J connectivity index is 2.21. The lowest BCUT2D eigenvalue weighted by Crippen LogP contribution is -2.16. The molecule has 0 spiro atoms. The number of hydrogen-bond acceptors (Lipinski definition) is 3. The van der Waals surface area contributed by atoms with Gasteiger partial charge in [-0.3, -0.25) is 4.79 Å². The number of aryl methyl sites for hydroxylation is 1. The first-order valence-corrected chi connectivity index (χ1v) is 6.89. The first kappa shape index (κ1) is 12.8. The molecule has 0 unspecified atom stereocenters. The summed E-state index contributed by atoms with van der Waals surface area (Å²) in [5, 5.41) is 7.93. The SMILES string of the molecule is CNC(=O)c1cc2c(C)nn(-c3cccc(F)c3)c2s1. The molecule has 1 N–H and O–H groups in total. The number of benzene rings is 1. The summed E-state index contributed by atoms with van der Waals surface area (Å²) < 4.78 is 15.0. The van der Waals surface area contributed by atoms with Crippen molar-refractivity contribution in [3.63, 3.8) is 0 Å². The van der Waals surface area contributed by atoms with E-state index in [0.717, 1.165) is 15.9 Å². The number of fused-ring (bicyclic) bond motifs is 1. The van der Waals surface area contributed by atoms with E-state index in [0.29, 0.717) is 10.6 Å². The molecule has 0 bridgehead atoms. The third-order valence-electron chi connectivity index (χ3n) is 3.05. The summed E-state index contributed by atoms with van der Waals surface area (Å²) in [5.74, 6) is -0.441. The van der Waals surface area contributed by atoms with Crippen molar-refractivity contribution in [2.75, 3.05) is 7.05 Å². The molecule has 6 heteroatoms. The van der Waals surface area contributed by atoms with Crippen LogP contribution in [-0.2, 0) is 0 Å². The number of amides is 1. The van der Waals surface area contributed by atoms with Gasteiger partial charge in [0.05, 0.1) is 16.3 Å². The molecule has 0 fully saturated rings. The zero-order valence-corrected chi connectivity index (χ0v) is 11.8. The number of carbonyl (C=O) groups excluding carboxylic acids is 1. The lowest BCUT2D eigenvalue weighted by molar-refractivity contribution is 0.0967. The van der Waals surface area contributed by atoms with E-state index in [2.05, 4.69) is 10.4 Å². The highest BCUT2D eigenvalue weighted by molar-refractivity contribution is 7.20. The highest BCUT2D eigenvalue weighted by Crippen LogP contribution is 2.30. The minimum Gasteiger partial charge on any atom is -0.354 e. The molecule has 0 atom stereocenters. The van der Waals surface area contributed by atoms with Crippen molar-refractivity contribution in [1.82, 2.24) is 15.1 Å². The average Bonchev–Trinajstić information content (AvgIpc) is 2.99. The fourth-order valence-electron chi connectivity index (χ4n) is 2.07. The van der Waals surface area contributed by atoms with Crippen molar-refractivity contribution in [2.24, 2.45) is 0 Å². The molecule has 0 aliphatic heterocycles. The monoisotopic (exact) mass is 289 g/mol. The number of nitrogens with zero attached hydrogens (tertiary/aromatic N) is 2. The van der Waals surface area contributed by atoms with E-state index in [1.807, 2.05) is 13.0 Å². The second-order valence-corrected chi connectivity index (χ2v) is 5.42. The van der Waals surface area contributed by atoms with Crippen molar-refractivity contribution in [1.29, 1.82) is 0 Å². The Kier molecular flexibility index (Phi) is 3.02. The Labute approximate surface area is 118 Å². The van der Waals surface area contributed by atoms with E-state index in [1.165, 1.54) is 23.5 Å². The molecule has 2 aromatic heterocycles. The summed E-state index contributed by atoms with van der Waals surface area (Å²) in [5.41, 5.74) is 1.46. The largest absolute Gasteiger partial charge is 0.354 e. The first-order chi connectivity index (χ1) is 9.60. The van der Waals surface area contributed by atoms with Crippen LogP contribution in [0.15, 0.2) is 30.3 Å². The molecule has 3 aromatic rings. The number of halogens is 1. The van der Waals surface area contributed by atoms with Gasteiger partial charge in [-0.25, -0.2) is 9.07 Å². The standard InChI is InChI=1S/C14H12FN3OS/c1-8-11-7-12(13(19)16-2)20-14(11)18(17-8)10-5-3-4-9(15)6-10/h3-7H,1-2H3,(H,16,19). The molecule has 4 nitrogen and oxygen atoms in total. The van der Waals surface area contributed by atoms with Gasteiger partial charge in [-0.05, 0) is 31.2 Å². The number of nitrogens with one attached hydrogen (secondary N) is 1. The fraction of sp³-hybridized carbons (Fsp3) is 0.143. The molecule has 3 rings (SSSR count). The van der Waals surface area contributed by atoms with Crippen LogP contribution >= 0.6 is 11.3 Å². The van der Waals surface area contributed by atoms with E-state index in [-0.39, 0.29) is 11.7 Å². The normalized spacial score (nSPS) is 10.9. The van der Waals surface area contributed by atoms with Gasteiger partial charge in [0.25, 0.3) is 5.91 Å². The van der Waals surface area contributed by atoms with E-state index >= 15 is 0 Å². The molecule has 0 saturated carbocycles. The number of thiophene rings is 1. The molecule has 2 heterocycles. The molecule has 1 aromatic carbocycles. The molecule has 0 aliphatic rings. The molecular formula is C14H12FN3OS. The van der Waals surface area contributed by atoms with Crippen molar-refractivity contribution in [3.05, 3.63) is 46.7 Å². The van der Waals surface area contributed by atoms with Crippen molar-refractivity contribution in [3.8, 4) is 5.69 Å². The van der Waals surface area contributed by atoms with Gasteiger partial charge < -0.3 is 5.32 Å². The van der Waals surface area contributed by atoms with Crippen LogP contribution in [-0.4, -0.2) is 22.7 Å². The molecule has 0 aliphatic carbocycles. The van der Waals surface area contributed by atoms with Crippen LogP contribution in [0, 0.1) is 12.7 Å². The second-order valence-electron chi connectivity index (χ2n) is 4.39. The Morgan fingerprint density at radius 2 is 2.20 bits per heavy atom. The van der Waals surface area contributed by atoms with E-state index in [1.54, 1.807) is 23.9 Å². The summed E-state index contributed by atoms with van der Waals surface area (Å²) in [7, 11) is 1.60. The zero-order chi connectivity index (χ0) is 14.3. The van der Waals surface area contributed by atoms with Crippen LogP contribution in [0.3, 0.4) is 0 Å². The Bertz CT molecular complexity index is 806. The van der Waals surface area contributed by atoms with Gasteiger partial charge in [0.2, 0.25) is 0 Å². The maximum atomic E-state index is 13.3. The van der Waals surface area contributed by atoms with Gasteiger partial charge in [-0.2, -0.15) is 5.10 Å². The summed E-state index contributed by atoms with van der Waals surface area (Å²) in [6, 6.07) is 8.05. The smallest absolute Gasteiger partial charge is 0.261 e. The number of hydrogen-bond donors (Lipinski definition) is 1. The van der Waals surface area contributed by atoms with Gasteiger partial charge in [-0.15, -0.1) is 11.3 Å². The summed E-state index contributed by atoms with van der Waals surface area (Å²) in [6.45, 7) is 1.87. The molecule has 102 valence electrons. The van der Waals surface area contributed by atoms with Gasteiger partial charge in [0.15, 0.2) is 0 Å². The van der Waals surface area contributed by atoms with Crippen molar-refractivity contribution >= 4 is 27.5 Å². The fourth-order valence-corrected chi connectivity index (χ4v) is 3.19. The summed E-state index contributed by atoms with van der Waals surface area (Å²) in [6.07, 6.45) is 0. The molecule has 1 amide bonds. The molecule has 20 heavy (non-hydrogen) atoms. The first-order valence-electron chi connectivity index (χ1n) is 6.07. The zero-order valence-electron chi connectivity index (χ0n) is 11.0. The van der Waals surface area contributed by atoms with Crippen molar-refractivity contribution in [2.45, 2.75) is 6.92 Å². The van der Waals surface area contributed by atoms with Crippen LogP contribution in [0.1, 0.15) is 15.4 Å². The quantitative estimate of drug-likeness (QED) is 0.788. The molecule has 0 radical (unpaired) electrons. The Morgan fingerprint density at radius 1 is 1.40 bits per heavy atom. The minimum atomic E-state index is -0.313. The predicted molar refractivity (Wildman–Crippen MR) is 77.0 cm³/mol. The van der Waals surface area contributed by atoms with E-state index < -0.39 is 0 Å². The van der Waals surface area contributed by atoms with Crippen LogP contribution in [0.25, 0.3) is 15.9 Å². The van der Waals surface area contributed by atoms with Crippen LogP contribution in [0.2, 0.25) is 0 Å². The van der Waals surface area contributed by atoms with Gasteiger partial charge in [0.1, 0.15) is 10.6 Å². The predicted octanol–water partition coefficient (Wildman–Crippen LogP) is 2.89. The minimum absolute atomic E-state index is 0.128. The van der Waals surface area contributed by atoms with Crippen LogP contribution in [0.4, 0.5) is 4.39 Å². The van der Waals surface area contributed by atoms with E-state index in [4.69, 9.17) is 0 Å². The summed E-state index contributed by atoms with van der Waals surface area (Å²) >= 11 is 1.34. The molecular weight excluding hydrogens is 277 g/mol. The molecule has 0 saturated heterocycles. The number of aromatic nitrogens is 2. The average molecular weight is 289 g/mol. The highest BCUT2D eigenvalue weighted by atomic mass is 32.1. The van der Waals surface area contributed by atoms with Gasteiger partial charge in [0, 0.05) is 12.4 Å². The second kappa shape index (κ2) is 4.72. The van der Waals surface area contributed by atoms with Crippen molar-refractivity contribution < 1.29 is 9.18 Å².